The van der Waals surface area contributed by atoms with E-state index in [2.05, 4.69) is 0 Å². The van der Waals surface area contributed by atoms with Gasteiger partial charge in [0, 0.05) is 35.1 Å². The van der Waals surface area contributed by atoms with Crippen LogP contribution < -0.4 is 0 Å². The van der Waals surface area contributed by atoms with E-state index in [9.17, 15) is 45.3 Å². The number of rotatable bonds is 1. The highest BCUT2D eigenvalue weighted by molar-refractivity contribution is 6.21. The normalized spacial score (nSPS) is 23.3. The lowest BCUT2D eigenvalue weighted by Gasteiger charge is -2.50. The van der Waals surface area contributed by atoms with Gasteiger partial charge in [0.25, 0.3) is 0 Å². The number of benzene rings is 2. The standard InChI is InChI=1S/C30H18O9/c1-7-2-9(32)19-23-15(7)16-8(6-31)3-10(33)20-24(16)28-26-18(12(35)5-14(37)22(26)30(20)39)17-11(34)4-13(36)21(29(19)38)25(17)27(23)28/h2-5,27-28,31,34-39H,6H2,1H3. The van der Waals surface area contributed by atoms with Gasteiger partial charge in [-0.05, 0) is 63.6 Å². The highest BCUT2D eigenvalue weighted by atomic mass is 16.3. The molecule has 9 heteroatoms. The fourth-order valence-electron chi connectivity index (χ4n) is 7.61. The molecule has 0 bridgehead atoms. The summed E-state index contributed by atoms with van der Waals surface area (Å²) in [4.78, 5) is 26.8. The Bertz CT molecular complexity index is 1940. The zero-order chi connectivity index (χ0) is 27.4. The maximum absolute atomic E-state index is 13.4. The molecule has 7 N–H and O–H groups in total. The van der Waals surface area contributed by atoms with Gasteiger partial charge in [0.15, 0.2) is 11.6 Å². The van der Waals surface area contributed by atoms with Gasteiger partial charge < -0.3 is 35.7 Å². The highest BCUT2D eigenvalue weighted by Gasteiger charge is 2.57. The molecular weight excluding hydrogens is 504 g/mol. The number of hydrogen-bond donors (Lipinski definition) is 7. The van der Waals surface area contributed by atoms with Crippen LogP contribution in [0.2, 0.25) is 0 Å². The molecule has 0 aliphatic heterocycles. The van der Waals surface area contributed by atoms with Gasteiger partial charge in [0.05, 0.1) is 28.9 Å². The Morgan fingerprint density at radius 3 is 1.54 bits per heavy atom. The van der Waals surface area contributed by atoms with Crippen LogP contribution in [0.3, 0.4) is 0 Å². The van der Waals surface area contributed by atoms with Crippen LogP contribution in [0.4, 0.5) is 0 Å². The number of phenolic OH excluding ortho intramolecular Hbond substituents is 4. The summed E-state index contributed by atoms with van der Waals surface area (Å²) in [6, 6.07) is 2.00. The monoisotopic (exact) mass is 522 g/mol. The third kappa shape index (κ3) is 2.16. The van der Waals surface area contributed by atoms with Crippen LogP contribution in [0.15, 0.2) is 68.9 Å². The minimum absolute atomic E-state index is 0.0532. The molecule has 6 aliphatic carbocycles. The summed E-state index contributed by atoms with van der Waals surface area (Å²) in [5.41, 5.74) is 2.64. The van der Waals surface area contributed by atoms with E-state index in [0.717, 1.165) is 12.1 Å². The van der Waals surface area contributed by atoms with Gasteiger partial charge in [-0.1, -0.05) is 0 Å². The zero-order valence-corrected chi connectivity index (χ0v) is 20.1. The lowest BCUT2D eigenvalue weighted by Crippen LogP contribution is -2.39. The van der Waals surface area contributed by atoms with Crippen LogP contribution in [0.1, 0.15) is 41.0 Å². The van der Waals surface area contributed by atoms with Crippen LogP contribution in [-0.2, 0) is 9.59 Å². The van der Waals surface area contributed by atoms with Crippen LogP contribution in [0, 0.1) is 0 Å². The molecular formula is C30H18O9. The zero-order valence-electron chi connectivity index (χ0n) is 20.1. The Labute approximate surface area is 219 Å². The Balaban J connectivity index is 1.71. The van der Waals surface area contributed by atoms with E-state index in [1.807, 2.05) is 0 Å². The first-order chi connectivity index (χ1) is 18.6. The van der Waals surface area contributed by atoms with Crippen molar-refractivity contribution >= 4 is 23.1 Å². The van der Waals surface area contributed by atoms with Gasteiger partial charge >= 0.3 is 0 Å². The molecule has 2 aromatic rings. The number of carbonyl (C=O) groups excluding carboxylic acids is 2. The molecule has 8 rings (SSSR count). The minimum Gasteiger partial charge on any atom is -0.507 e. The Morgan fingerprint density at radius 2 is 1.05 bits per heavy atom. The molecule has 0 aromatic heterocycles. The second-order valence-corrected chi connectivity index (χ2v) is 10.5. The van der Waals surface area contributed by atoms with E-state index in [0.29, 0.717) is 27.9 Å². The summed E-state index contributed by atoms with van der Waals surface area (Å²) < 4.78 is 0. The smallest absolute Gasteiger partial charge is 0.190 e. The number of aliphatic hydroxyl groups excluding tert-OH is 3. The molecule has 0 amide bonds. The summed E-state index contributed by atoms with van der Waals surface area (Å²) in [5, 5.41) is 77.4. The lowest BCUT2D eigenvalue weighted by molar-refractivity contribution is -0.112. The first-order valence-corrected chi connectivity index (χ1v) is 12.2. The number of carbonyl (C=O) groups is 2. The van der Waals surface area contributed by atoms with E-state index in [1.165, 1.54) is 12.2 Å². The van der Waals surface area contributed by atoms with Crippen LogP contribution >= 0.6 is 0 Å². The Kier molecular flexibility index (Phi) is 3.67. The predicted octanol–water partition coefficient (Wildman–Crippen LogP) is 3.56. The molecule has 6 aliphatic rings. The van der Waals surface area contributed by atoms with Crippen LogP contribution in [0.25, 0.3) is 22.6 Å². The molecule has 9 nitrogen and oxygen atoms in total. The number of aromatic hydroxyl groups is 4. The van der Waals surface area contributed by atoms with Gasteiger partial charge in [-0.25, -0.2) is 0 Å². The summed E-state index contributed by atoms with van der Waals surface area (Å²) in [7, 11) is 0. The van der Waals surface area contributed by atoms with Crippen molar-refractivity contribution in [1.82, 2.24) is 0 Å². The maximum atomic E-state index is 13.4. The average Bonchev–Trinajstić information content (AvgIpc) is 2.86. The van der Waals surface area contributed by atoms with Crippen molar-refractivity contribution in [2.24, 2.45) is 0 Å². The van der Waals surface area contributed by atoms with E-state index in [-0.39, 0.29) is 50.1 Å². The first-order valence-electron chi connectivity index (χ1n) is 12.2. The van der Waals surface area contributed by atoms with Crippen molar-refractivity contribution in [3.8, 4) is 34.1 Å². The molecule has 0 saturated carbocycles. The number of ketones is 2. The summed E-state index contributed by atoms with van der Waals surface area (Å²) in [5.74, 6) is -5.69. The highest BCUT2D eigenvalue weighted by Crippen LogP contribution is 2.71. The van der Waals surface area contributed by atoms with E-state index >= 15 is 0 Å². The average molecular weight is 522 g/mol. The third-order valence-electron chi connectivity index (χ3n) is 8.78. The SMILES string of the molecule is CC1=CC(=O)C2=C(O)c3c(O)cc(O)c4c3C3C2=C1C1=C2C(=C(O)c5c(O)cc(O)c-4c5C23)C(=O)C=C1CO. The summed E-state index contributed by atoms with van der Waals surface area (Å²) in [6.07, 6.45) is 2.54. The molecule has 0 saturated heterocycles. The van der Waals surface area contributed by atoms with Crippen LogP contribution in [0.5, 0.6) is 23.0 Å². The lowest BCUT2D eigenvalue weighted by atomic mass is 9.51. The van der Waals surface area contributed by atoms with E-state index < -0.39 is 64.5 Å². The molecule has 2 aromatic carbocycles. The van der Waals surface area contributed by atoms with Crippen molar-refractivity contribution in [3.63, 3.8) is 0 Å². The topological polar surface area (TPSA) is 176 Å². The number of hydrogen-bond acceptors (Lipinski definition) is 9. The molecule has 0 fully saturated rings. The fourth-order valence-corrected chi connectivity index (χ4v) is 7.61. The van der Waals surface area contributed by atoms with Gasteiger partial charge in [-0.2, -0.15) is 0 Å². The quantitative estimate of drug-likeness (QED) is 0.295. The molecule has 0 radical (unpaired) electrons. The van der Waals surface area contributed by atoms with E-state index in [4.69, 9.17) is 0 Å². The number of phenols is 4. The van der Waals surface area contributed by atoms with Crippen molar-refractivity contribution in [3.05, 3.63) is 91.1 Å². The number of fused-ring (bicyclic) bond motifs is 2. The third-order valence-corrected chi connectivity index (χ3v) is 8.78. The van der Waals surface area contributed by atoms with Gasteiger partial charge in [0.2, 0.25) is 0 Å². The minimum atomic E-state index is -0.888. The maximum Gasteiger partial charge on any atom is 0.190 e. The van der Waals surface area contributed by atoms with Gasteiger partial charge in [0.1, 0.15) is 34.5 Å². The van der Waals surface area contributed by atoms with Gasteiger partial charge in [-0.3, -0.25) is 9.59 Å². The van der Waals surface area contributed by atoms with Crippen LogP contribution in [-0.4, -0.2) is 53.9 Å². The fraction of sp³-hybridized carbons (Fsp3) is 0.133. The largest absolute Gasteiger partial charge is 0.507 e. The molecule has 2 unspecified atom stereocenters. The molecule has 2 atom stereocenters. The van der Waals surface area contributed by atoms with E-state index in [1.54, 1.807) is 6.92 Å². The Hall–Kier alpha value is -5.02. The Morgan fingerprint density at radius 1 is 0.615 bits per heavy atom. The summed E-state index contributed by atoms with van der Waals surface area (Å²) >= 11 is 0. The second kappa shape index (κ2) is 6.51. The van der Waals surface area contributed by atoms with Crippen molar-refractivity contribution < 1.29 is 45.3 Å². The molecule has 39 heavy (non-hydrogen) atoms. The molecule has 0 heterocycles. The van der Waals surface area contributed by atoms with Crippen molar-refractivity contribution in [1.29, 1.82) is 0 Å². The number of aliphatic hydroxyl groups is 3. The second-order valence-electron chi connectivity index (χ2n) is 10.5. The molecule has 192 valence electrons. The van der Waals surface area contributed by atoms with Gasteiger partial charge in [-0.15, -0.1) is 0 Å². The molecule has 0 spiro atoms. The number of allylic oxidation sites excluding steroid dienone is 8. The summed E-state index contributed by atoms with van der Waals surface area (Å²) in [6.45, 7) is 1.16. The first kappa shape index (κ1) is 22.0. The van der Waals surface area contributed by atoms with Crippen molar-refractivity contribution in [2.45, 2.75) is 18.8 Å². The van der Waals surface area contributed by atoms with Crippen molar-refractivity contribution in [2.75, 3.05) is 6.61 Å². The predicted molar refractivity (Wildman–Crippen MR) is 136 cm³/mol.